The van der Waals surface area contributed by atoms with Crippen molar-refractivity contribution in [1.29, 1.82) is 0 Å². The summed E-state index contributed by atoms with van der Waals surface area (Å²) in [6, 6.07) is 1.31. The van der Waals surface area contributed by atoms with Crippen LogP contribution in [-0.4, -0.2) is 30.1 Å². The van der Waals surface area contributed by atoms with Gasteiger partial charge in [-0.15, -0.1) is 0 Å². The molecular formula is C10H20N2. The molecule has 2 heteroatoms. The molecule has 2 nitrogen and oxygen atoms in total. The standard InChI is InChI=1S/C10H20N2/c1-10(2)4-3-9(5-10)12-6-8(11)7-12/h8-9H,3-7,11H2,1-2H3. The fraction of sp³-hybridized carbons (Fsp3) is 1.00. The van der Waals surface area contributed by atoms with Crippen molar-refractivity contribution in [2.75, 3.05) is 13.1 Å². The van der Waals surface area contributed by atoms with E-state index in [-0.39, 0.29) is 0 Å². The molecule has 1 atom stereocenters. The maximum atomic E-state index is 5.76. The molecule has 1 heterocycles. The van der Waals surface area contributed by atoms with Crippen molar-refractivity contribution in [3.63, 3.8) is 0 Å². The summed E-state index contributed by atoms with van der Waals surface area (Å²) in [6.07, 6.45) is 4.16. The lowest BCUT2D eigenvalue weighted by molar-refractivity contribution is 0.0909. The molecule has 0 radical (unpaired) electrons. The van der Waals surface area contributed by atoms with E-state index in [1.807, 2.05) is 0 Å². The predicted molar refractivity (Wildman–Crippen MR) is 51.0 cm³/mol. The van der Waals surface area contributed by atoms with Gasteiger partial charge in [0.2, 0.25) is 0 Å². The van der Waals surface area contributed by atoms with Crippen molar-refractivity contribution in [1.82, 2.24) is 4.90 Å². The zero-order valence-corrected chi connectivity index (χ0v) is 8.21. The van der Waals surface area contributed by atoms with Gasteiger partial charge >= 0.3 is 0 Å². The fourth-order valence-corrected chi connectivity index (χ4v) is 2.56. The van der Waals surface area contributed by atoms with E-state index >= 15 is 0 Å². The SMILES string of the molecule is CC1(C)CCC(N2CC(N)C2)C1. The van der Waals surface area contributed by atoms with E-state index in [4.69, 9.17) is 5.73 Å². The zero-order chi connectivity index (χ0) is 8.77. The van der Waals surface area contributed by atoms with E-state index in [9.17, 15) is 0 Å². The highest BCUT2D eigenvalue weighted by atomic mass is 15.2. The second-order valence-electron chi connectivity index (χ2n) is 5.27. The van der Waals surface area contributed by atoms with E-state index < -0.39 is 0 Å². The second-order valence-corrected chi connectivity index (χ2v) is 5.27. The zero-order valence-electron chi connectivity index (χ0n) is 8.21. The van der Waals surface area contributed by atoms with Gasteiger partial charge in [0.1, 0.15) is 0 Å². The van der Waals surface area contributed by atoms with Crippen molar-refractivity contribution in [2.24, 2.45) is 11.1 Å². The van der Waals surface area contributed by atoms with Crippen LogP contribution in [0.5, 0.6) is 0 Å². The lowest BCUT2D eigenvalue weighted by Crippen LogP contribution is -2.58. The summed E-state index contributed by atoms with van der Waals surface area (Å²) in [6.45, 7) is 7.04. The minimum absolute atomic E-state index is 0.466. The highest BCUT2D eigenvalue weighted by molar-refractivity contribution is 4.94. The van der Waals surface area contributed by atoms with Gasteiger partial charge in [0.05, 0.1) is 0 Å². The molecule has 12 heavy (non-hydrogen) atoms. The van der Waals surface area contributed by atoms with Gasteiger partial charge in [0.15, 0.2) is 0 Å². The molecule has 0 aromatic carbocycles. The molecule has 0 bridgehead atoms. The maximum absolute atomic E-state index is 5.76. The lowest BCUT2D eigenvalue weighted by Gasteiger charge is -2.41. The predicted octanol–water partition coefficient (Wildman–Crippen LogP) is 1.21. The number of likely N-dealkylation sites (tertiary alicyclic amines) is 1. The topological polar surface area (TPSA) is 29.3 Å². The van der Waals surface area contributed by atoms with Crippen molar-refractivity contribution in [3.8, 4) is 0 Å². The summed E-state index contributed by atoms with van der Waals surface area (Å²) < 4.78 is 0. The molecule has 1 saturated heterocycles. The Bertz CT molecular complexity index is 171. The minimum Gasteiger partial charge on any atom is -0.325 e. The van der Waals surface area contributed by atoms with Crippen LogP contribution in [-0.2, 0) is 0 Å². The van der Waals surface area contributed by atoms with E-state index in [2.05, 4.69) is 18.7 Å². The smallest absolute Gasteiger partial charge is 0.0297 e. The van der Waals surface area contributed by atoms with E-state index in [0.29, 0.717) is 11.5 Å². The molecule has 2 rings (SSSR count). The molecule has 0 aromatic rings. The Labute approximate surface area is 75.1 Å². The first-order valence-electron chi connectivity index (χ1n) is 5.06. The van der Waals surface area contributed by atoms with Crippen LogP contribution in [0.3, 0.4) is 0 Å². The normalized spacial score (nSPS) is 36.8. The first-order valence-corrected chi connectivity index (χ1v) is 5.06. The molecule has 1 aliphatic carbocycles. The van der Waals surface area contributed by atoms with Crippen LogP contribution in [0, 0.1) is 5.41 Å². The lowest BCUT2D eigenvalue weighted by atomic mass is 9.91. The van der Waals surface area contributed by atoms with E-state index in [1.54, 1.807) is 0 Å². The summed E-state index contributed by atoms with van der Waals surface area (Å²) in [5.74, 6) is 0. The molecule has 1 saturated carbocycles. The quantitative estimate of drug-likeness (QED) is 0.637. The molecule has 70 valence electrons. The van der Waals surface area contributed by atoms with Crippen LogP contribution < -0.4 is 5.73 Å². The third-order valence-electron chi connectivity index (χ3n) is 3.40. The number of nitrogens with two attached hydrogens (primary N) is 1. The van der Waals surface area contributed by atoms with E-state index in [1.165, 1.54) is 19.3 Å². The van der Waals surface area contributed by atoms with Crippen LogP contribution in [0.4, 0.5) is 0 Å². The summed E-state index contributed by atoms with van der Waals surface area (Å²) >= 11 is 0. The van der Waals surface area contributed by atoms with Crippen molar-refractivity contribution in [3.05, 3.63) is 0 Å². The molecule has 0 aromatic heterocycles. The minimum atomic E-state index is 0.466. The molecule has 1 unspecified atom stereocenters. The fourth-order valence-electron chi connectivity index (χ4n) is 2.56. The Balaban J connectivity index is 1.84. The average molecular weight is 168 g/mol. The van der Waals surface area contributed by atoms with Gasteiger partial charge in [-0.1, -0.05) is 13.8 Å². The monoisotopic (exact) mass is 168 g/mol. The second kappa shape index (κ2) is 2.71. The van der Waals surface area contributed by atoms with Gasteiger partial charge in [0.25, 0.3) is 0 Å². The van der Waals surface area contributed by atoms with Crippen LogP contribution >= 0.6 is 0 Å². The van der Waals surface area contributed by atoms with E-state index in [0.717, 1.165) is 19.1 Å². The van der Waals surface area contributed by atoms with Crippen LogP contribution in [0.2, 0.25) is 0 Å². The van der Waals surface area contributed by atoms with Gasteiger partial charge in [-0.05, 0) is 24.7 Å². The van der Waals surface area contributed by atoms with Crippen LogP contribution in [0.25, 0.3) is 0 Å². The molecule has 2 N–H and O–H groups in total. The largest absolute Gasteiger partial charge is 0.325 e. The third kappa shape index (κ3) is 1.50. The molecule has 1 aliphatic heterocycles. The number of nitrogens with zero attached hydrogens (tertiary/aromatic N) is 1. The first kappa shape index (κ1) is 8.52. The van der Waals surface area contributed by atoms with Crippen molar-refractivity contribution < 1.29 is 0 Å². The van der Waals surface area contributed by atoms with Gasteiger partial charge < -0.3 is 5.73 Å². The Hall–Kier alpha value is -0.0800. The van der Waals surface area contributed by atoms with Crippen molar-refractivity contribution >= 4 is 0 Å². The molecule has 0 spiro atoms. The number of hydrogen-bond donors (Lipinski definition) is 1. The Morgan fingerprint density at radius 2 is 2.00 bits per heavy atom. The maximum Gasteiger partial charge on any atom is 0.0297 e. The average Bonchev–Trinajstić information content (AvgIpc) is 2.23. The highest BCUT2D eigenvalue weighted by Gasteiger charge is 2.38. The van der Waals surface area contributed by atoms with Gasteiger partial charge in [-0.25, -0.2) is 0 Å². The van der Waals surface area contributed by atoms with Gasteiger partial charge in [-0.3, -0.25) is 4.90 Å². The van der Waals surface area contributed by atoms with Gasteiger partial charge in [0, 0.05) is 25.2 Å². The van der Waals surface area contributed by atoms with Crippen LogP contribution in [0.15, 0.2) is 0 Å². The molecule has 2 aliphatic rings. The van der Waals surface area contributed by atoms with Crippen LogP contribution in [0.1, 0.15) is 33.1 Å². The number of hydrogen-bond acceptors (Lipinski definition) is 2. The molecule has 0 amide bonds. The molecule has 2 fully saturated rings. The first-order chi connectivity index (χ1) is 5.57. The third-order valence-corrected chi connectivity index (χ3v) is 3.40. The highest BCUT2D eigenvalue weighted by Crippen LogP contribution is 2.40. The number of rotatable bonds is 1. The van der Waals surface area contributed by atoms with Gasteiger partial charge in [-0.2, -0.15) is 0 Å². The van der Waals surface area contributed by atoms with Crippen molar-refractivity contribution in [2.45, 2.75) is 45.2 Å². The Morgan fingerprint density at radius 1 is 1.33 bits per heavy atom. The summed E-state index contributed by atoms with van der Waals surface area (Å²) in [5, 5.41) is 0. The summed E-state index contributed by atoms with van der Waals surface area (Å²) in [4.78, 5) is 2.55. The summed E-state index contributed by atoms with van der Waals surface area (Å²) in [7, 11) is 0. The molecular weight excluding hydrogens is 148 g/mol. The Morgan fingerprint density at radius 3 is 2.42 bits per heavy atom. The summed E-state index contributed by atoms with van der Waals surface area (Å²) in [5.41, 5.74) is 6.35. The Kier molecular flexibility index (Phi) is 1.92.